The third-order valence-electron chi connectivity index (χ3n) is 6.29. The minimum Gasteiger partial charge on any atom is -0.444 e. The smallest absolute Gasteiger partial charge is 0.412 e. The number of oxime groups is 1. The predicted octanol–water partition coefficient (Wildman–Crippen LogP) is 4.08. The van der Waals surface area contributed by atoms with Crippen LogP contribution in [0.3, 0.4) is 0 Å². The van der Waals surface area contributed by atoms with Crippen molar-refractivity contribution in [3.8, 4) is 11.3 Å². The van der Waals surface area contributed by atoms with Gasteiger partial charge in [-0.05, 0) is 58.4 Å². The first kappa shape index (κ1) is 35.1. The van der Waals surface area contributed by atoms with Crippen molar-refractivity contribution in [2.45, 2.75) is 73.2 Å². The number of benzene rings is 2. The van der Waals surface area contributed by atoms with Crippen LogP contribution in [0.1, 0.15) is 59.6 Å². The van der Waals surface area contributed by atoms with Crippen LogP contribution in [-0.2, 0) is 27.4 Å². The number of carbonyl (C=O) groups is 3. The van der Waals surface area contributed by atoms with Gasteiger partial charge in [-0.2, -0.15) is 0 Å². The minimum absolute atomic E-state index is 0.0386. The van der Waals surface area contributed by atoms with Gasteiger partial charge in [-0.25, -0.2) is 9.78 Å². The van der Waals surface area contributed by atoms with Crippen LogP contribution < -0.4 is 32.6 Å². The summed E-state index contributed by atoms with van der Waals surface area (Å²) in [7, 11) is 0. The molecule has 0 radical (unpaired) electrons. The van der Waals surface area contributed by atoms with Crippen LogP contribution in [0.5, 0.6) is 0 Å². The van der Waals surface area contributed by atoms with E-state index in [4.69, 9.17) is 15.7 Å². The van der Waals surface area contributed by atoms with Gasteiger partial charge in [0.25, 0.3) is 5.56 Å². The van der Waals surface area contributed by atoms with Crippen molar-refractivity contribution in [1.82, 2.24) is 14.9 Å². The lowest BCUT2D eigenvalue weighted by atomic mass is 10.1. The van der Waals surface area contributed by atoms with Gasteiger partial charge >= 0.3 is 6.09 Å². The highest BCUT2D eigenvalue weighted by molar-refractivity contribution is 5.97. The van der Waals surface area contributed by atoms with Crippen LogP contribution in [0.15, 0.2) is 58.6 Å². The van der Waals surface area contributed by atoms with Gasteiger partial charge in [-0.1, -0.05) is 43.3 Å². The molecule has 3 aromatic rings. The molecular formula is C32H42N8O6. The zero-order valence-electron chi connectivity index (χ0n) is 27.1. The van der Waals surface area contributed by atoms with Crippen LogP contribution in [0.25, 0.3) is 11.3 Å². The third kappa shape index (κ3) is 10.1. The highest BCUT2D eigenvalue weighted by Crippen LogP contribution is 2.28. The van der Waals surface area contributed by atoms with E-state index in [1.54, 1.807) is 77.1 Å². The normalized spacial score (nSPS) is 11.7. The zero-order valence-corrected chi connectivity index (χ0v) is 27.1. The largest absolute Gasteiger partial charge is 0.444 e. The van der Waals surface area contributed by atoms with Crippen molar-refractivity contribution in [1.29, 1.82) is 0 Å². The van der Waals surface area contributed by atoms with E-state index in [0.29, 0.717) is 16.8 Å². The van der Waals surface area contributed by atoms with Crippen molar-refractivity contribution in [2.24, 2.45) is 16.8 Å². The monoisotopic (exact) mass is 634 g/mol. The highest BCUT2D eigenvalue weighted by atomic mass is 16.6. The SMILES string of the molecule is CC(C)Nc1ncc(-c2cc(NC(=O)OC(C)(C)C)cc(NC(=O)C(C)C)c2)n(CC(=O)NCc2ccc(/C(N)=N/O)cc2)c1=O. The Balaban J connectivity index is 2.01. The number of rotatable bonds is 11. The van der Waals surface area contributed by atoms with Crippen LogP contribution >= 0.6 is 0 Å². The molecule has 14 nitrogen and oxygen atoms in total. The van der Waals surface area contributed by atoms with Crippen molar-refractivity contribution >= 4 is 40.9 Å². The maximum Gasteiger partial charge on any atom is 0.412 e. The fraction of sp³-hybridized carbons (Fsp3) is 0.375. The summed E-state index contributed by atoms with van der Waals surface area (Å²) in [5, 5.41) is 23.1. The molecule has 14 heteroatoms. The van der Waals surface area contributed by atoms with Gasteiger partial charge in [0.1, 0.15) is 12.1 Å². The number of nitrogens with zero attached hydrogens (tertiary/aromatic N) is 3. The fourth-order valence-electron chi connectivity index (χ4n) is 4.13. The number of aromatic nitrogens is 2. The molecule has 46 heavy (non-hydrogen) atoms. The number of amides is 3. The van der Waals surface area contributed by atoms with Crippen LogP contribution in [0, 0.1) is 5.92 Å². The second kappa shape index (κ2) is 15.1. The Labute approximate surface area is 267 Å². The Morgan fingerprint density at radius 2 is 1.65 bits per heavy atom. The summed E-state index contributed by atoms with van der Waals surface area (Å²) in [6.45, 7) is 12.2. The van der Waals surface area contributed by atoms with E-state index in [0.717, 1.165) is 5.56 Å². The van der Waals surface area contributed by atoms with Crippen molar-refractivity contribution < 1.29 is 24.3 Å². The summed E-state index contributed by atoms with van der Waals surface area (Å²) in [4.78, 5) is 56.4. The Bertz CT molecular complexity index is 1660. The molecule has 0 spiro atoms. The van der Waals surface area contributed by atoms with Gasteiger partial charge in [-0.3, -0.25) is 24.3 Å². The molecular weight excluding hydrogens is 592 g/mol. The van der Waals surface area contributed by atoms with Crippen molar-refractivity contribution in [3.63, 3.8) is 0 Å². The maximum atomic E-state index is 13.7. The summed E-state index contributed by atoms with van der Waals surface area (Å²) in [5.74, 6) is -1.02. The van der Waals surface area contributed by atoms with E-state index < -0.39 is 23.2 Å². The van der Waals surface area contributed by atoms with Crippen LogP contribution in [0.4, 0.5) is 22.0 Å². The van der Waals surface area contributed by atoms with E-state index in [1.165, 1.54) is 10.8 Å². The molecule has 246 valence electrons. The molecule has 0 fully saturated rings. The van der Waals surface area contributed by atoms with E-state index in [2.05, 4.69) is 31.4 Å². The standard InChI is InChI=1S/C32H42N8O6/c1-18(2)29(42)37-23-12-22(13-24(14-23)38-31(44)46-32(5,6)7)25-16-35-28(36-19(3)4)30(43)40(25)17-26(41)34-15-20-8-10-21(11-9-20)27(33)39-45/h8-14,16,18-19,45H,15,17H2,1-7H3,(H2,33,39)(H,34,41)(H,35,36)(H,37,42)(H,38,44). The highest BCUT2D eigenvalue weighted by Gasteiger charge is 2.20. The molecule has 0 aliphatic rings. The molecule has 0 unspecified atom stereocenters. The van der Waals surface area contributed by atoms with E-state index in [9.17, 15) is 19.2 Å². The lowest BCUT2D eigenvalue weighted by Gasteiger charge is -2.21. The number of nitrogens with one attached hydrogen (secondary N) is 4. The first-order valence-electron chi connectivity index (χ1n) is 14.7. The Morgan fingerprint density at radius 3 is 2.22 bits per heavy atom. The lowest BCUT2D eigenvalue weighted by molar-refractivity contribution is -0.122. The second-order valence-corrected chi connectivity index (χ2v) is 12.2. The summed E-state index contributed by atoms with van der Waals surface area (Å²) in [6, 6.07) is 11.4. The Kier molecular flexibility index (Phi) is 11.5. The minimum atomic E-state index is -0.754. The molecule has 0 saturated heterocycles. The van der Waals surface area contributed by atoms with E-state index in [1.807, 2.05) is 13.8 Å². The average molecular weight is 635 g/mol. The molecule has 1 heterocycles. The first-order valence-corrected chi connectivity index (χ1v) is 14.7. The van der Waals surface area contributed by atoms with E-state index >= 15 is 0 Å². The number of nitrogens with two attached hydrogens (primary N) is 1. The predicted molar refractivity (Wildman–Crippen MR) is 177 cm³/mol. The number of ether oxygens (including phenoxy) is 1. The molecule has 0 atom stereocenters. The van der Waals surface area contributed by atoms with Gasteiger partial charge in [0.2, 0.25) is 11.8 Å². The fourth-order valence-corrected chi connectivity index (χ4v) is 4.13. The molecule has 7 N–H and O–H groups in total. The molecule has 1 aromatic heterocycles. The summed E-state index contributed by atoms with van der Waals surface area (Å²) < 4.78 is 6.67. The number of amidine groups is 1. The molecule has 2 aromatic carbocycles. The number of carbonyl (C=O) groups excluding carboxylic acids is 3. The molecule has 3 rings (SSSR count). The second-order valence-electron chi connectivity index (χ2n) is 12.2. The van der Waals surface area contributed by atoms with Crippen LogP contribution in [0.2, 0.25) is 0 Å². The Morgan fingerprint density at radius 1 is 1.02 bits per heavy atom. The summed E-state index contributed by atoms with van der Waals surface area (Å²) in [6.07, 6.45) is 0.739. The molecule has 0 saturated carbocycles. The van der Waals surface area contributed by atoms with Crippen molar-refractivity contribution in [3.05, 3.63) is 70.1 Å². The third-order valence-corrected chi connectivity index (χ3v) is 6.29. The summed E-state index contributed by atoms with van der Waals surface area (Å²) >= 11 is 0. The van der Waals surface area contributed by atoms with Gasteiger partial charge in [0.15, 0.2) is 11.7 Å². The van der Waals surface area contributed by atoms with Gasteiger partial charge in [0.05, 0.1) is 11.9 Å². The quantitative estimate of drug-likeness (QED) is 0.0777. The topological polar surface area (TPSA) is 202 Å². The summed E-state index contributed by atoms with van der Waals surface area (Å²) in [5.41, 5.74) is 6.90. The van der Waals surface area contributed by atoms with Gasteiger partial charge in [0, 0.05) is 41.0 Å². The molecule has 0 aliphatic carbocycles. The Hall–Kier alpha value is -5.40. The first-order chi connectivity index (χ1) is 21.6. The molecule has 0 aliphatic heterocycles. The maximum absolute atomic E-state index is 13.7. The number of hydrogen-bond acceptors (Lipinski definition) is 9. The number of anilines is 3. The van der Waals surface area contributed by atoms with Gasteiger partial charge in [-0.15, -0.1) is 0 Å². The van der Waals surface area contributed by atoms with E-state index in [-0.39, 0.29) is 54.0 Å². The van der Waals surface area contributed by atoms with Crippen molar-refractivity contribution in [2.75, 3.05) is 16.0 Å². The lowest BCUT2D eigenvalue weighted by Crippen LogP contribution is -2.35. The molecule has 0 bridgehead atoms. The number of hydrogen-bond donors (Lipinski definition) is 6. The molecule has 3 amide bonds. The van der Waals surface area contributed by atoms with Gasteiger partial charge < -0.3 is 31.6 Å². The zero-order chi connectivity index (χ0) is 34.2. The van der Waals surface area contributed by atoms with Crippen LogP contribution in [-0.4, -0.2) is 50.1 Å². The average Bonchev–Trinajstić information content (AvgIpc) is 2.96.